The van der Waals surface area contributed by atoms with Gasteiger partial charge in [-0.05, 0) is 47.5 Å². The van der Waals surface area contributed by atoms with Crippen LogP contribution in [0.15, 0.2) is 33.6 Å². The van der Waals surface area contributed by atoms with Crippen molar-refractivity contribution >= 4 is 25.8 Å². The summed E-state index contributed by atoms with van der Waals surface area (Å²) in [5.74, 6) is 0.00935. The van der Waals surface area contributed by atoms with Crippen LogP contribution < -0.4 is 5.73 Å². The first-order chi connectivity index (χ1) is 9.85. The molecule has 2 rings (SSSR count). The zero-order chi connectivity index (χ0) is 15.6. The molecule has 0 radical (unpaired) electrons. The van der Waals surface area contributed by atoms with Crippen molar-refractivity contribution in [2.45, 2.75) is 31.8 Å². The largest absolute Gasteiger partial charge is 0.326 e. The predicted octanol–water partition coefficient (Wildman–Crippen LogP) is 2.20. The summed E-state index contributed by atoms with van der Waals surface area (Å²) in [6, 6.07) is 6.77. The number of rotatable bonds is 5. The van der Waals surface area contributed by atoms with Gasteiger partial charge in [-0.2, -0.15) is 5.10 Å². The summed E-state index contributed by atoms with van der Waals surface area (Å²) in [7, 11) is -3.34. The van der Waals surface area contributed by atoms with Gasteiger partial charge >= 0.3 is 0 Å². The van der Waals surface area contributed by atoms with Crippen molar-refractivity contribution in [3.63, 3.8) is 0 Å². The molecule has 0 bridgehead atoms. The van der Waals surface area contributed by atoms with Crippen molar-refractivity contribution in [2.75, 3.05) is 5.75 Å². The molecule has 2 aromatic rings. The molecular formula is C14H18BrN3O2S. The van der Waals surface area contributed by atoms with Gasteiger partial charge in [-0.3, -0.25) is 4.68 Å². The minimum absolute atomic E-state index is 0.00935. The Labute approximate surface area is 133 Å². The van der Waals surface area contributed by atoms with Crippen LogP contribution >= 0.6 is 15.9 Å². The van der Waals surface area contributed by atoms with Crippen LogP contribution in [0.3, 0.4) is 0 Å². The molecule has 7 heteroatoms. The molecule has 1 heterocycles. The van der Waals surface area contributed by atoms with Crippen molar-refractivity contribution in [3.05, 3.63) is 45.7 Å². The SMILES string of the molecule is Cc1nn(CCS(=O)(=O)c2cccc(CN)c2)c(C)c1Br. The van der Waals surface area contributed by atoms with Crippen LogP contribution in [-0.4, -0.2) is 24.0 Å². The Morgan fingerprint density at radius 2 is 2.05 bits per heavy atom. The van der Waals surface area contributed by atoms with Gasteiger partial charge in [0.2, 0.25) is 0 Å². The van der Waals surface area contributed by atoms with E-state index >= 15 is 0 Å². The first-order valence-corrected chi connectivity index (χ1v) is 9.01. The Kier molecular flexibility index (Phi) is 4.85. The number of aryl methyl sites for hydroxylation is 2. The van der Waals surface area contributed by atoms with E-state index in [0.29, 0.717) is 18.0 Å². The standard InChI is InChI=1S/C14H18BrN3O2S/c1-10-14(15)11(2)18(17-10)6-7-21(19,20)13-5-3-4-12(8-13)9-16/h3-5,8H,6-7,9,16H2,1-2H3. The Morgan fingerprint density at radius 3 is 2.62 bits per heavy atom. The summed E-state index contributed by atoms with van der Waals surface area (Å²) in [6.07, 6.45) is 0. The van der Waals surface area contributed by atoms with E-state index in [1.807, 2.05) is 19.9 Å². The van der Waals surface area contributed by atoms with Crippen molar-refractivity contribution in [1.82, 2.24) is 9.78 Å². The number of nitrogens with zero attached hydrogens (tertiary/aromatic N) is 2. The average molecular weight is 372 g/mol. The highest BCUT2D eigenvalue weighted by Crippen LogP contribution is 2.20. The molecule has 1 aromatic heterocycles. The monoisotopic (exact) mass is 371 g/mol. The normalized spacial score (nSPS) is 11.8. The Hall–Kier alpha value is -1.18. The van der Waals surface area contributed by atoms with Gasteiger partial charge < -0.3 is 5.73 Å². The summed E-state index contributed by atoms with van der Waals surface area (Å²) < 4.78 is 27.4. The summed E-state index contributed by atoms with van der Waals surface area (Å²) in [5.41, 5.74) is 8.15. The van der Waals surface area contributed by atoms with E-state index in [4.69, 9.17) is 5.73 Å². The maximum absolute atomic E-state index is 12.4. The van der Waals surface area contributed by atoms with E-state index < -0.39 is 9.84 Å². The second-order valence-corrected chi connectivity index (χ2v) is 7.78. The quantitative estimate of drug-likeness (QED) is 0.873. The summed E-state index contributed by atoms with van der Waals surface area (Å²) in [4.78, 5) is 0.311. The minimum Gasteiger partial charge on any atom is -0.326 e. The molecule has 0 aliphatic rings. The van der Waals surface area contributed by atoms with Crippen LogP contribution in [0.4, 0.5) is 0 Å². The number of sulfone groups is 1. The molecule has 0 aliphatic carbocycles. The molecule has 1 aromatic carbocycles. The first kappa shape index (κ1) is 16.2. The number of halogens is 1. The van der Waals surface area contributed by atoms with Crippen LogP contribution in [0, 0.1) is 13.8 Å². The Bertz CT molecular complexity index is 754. The third-order valence-electron chi connectivity index (χ3n) is 3.36. The molecule has 0 unspecified atom stereocenters. The highest BCUT2D eigenvalue weighted by Gasteiger charge is 2.17. The van der Waals surface area contributed by atoms with Gasteiger partial charge in [0, 0.05) is 12.2 Å². The number of hydrogen-bond acceptors (Lipinski definition) is 4. The summed E-state index contributed by atoms with van der Waals surface area (Å²) >= 11 is 3.44. The van der Waals surface area contributed by atoms with Gasteiger partial charge in [-0.1, -0.05) is 12.1 Å². The third kappa shape index (κ3) is 3.53. The van der Waals surface area contributed by atoms with E-state index in [9.17, 15) is 8.42 Å². The lowest BCUT2D eigenvalue weighted by molar-refractivity contribution is 0.576. The molecule has 0 atom stereocenters. The van der Waals surface area contributed by atoms with Crippen molar-refractivity contribution < 1.29 is 8.42 Å². The lowest BCUT2D eigenvalue weighted by Crippen LogP contribution is -2.15. The smallest absolute Gasteiger partial charge is 0.180 e. The fourth-order valence-corrected chi connectivity index (χ4v) is 3.63. The molecule has 0 amide bonds. The van der Waals surface area contributed by atoms with E-state index in [1.54, 1.807) is 22.9 Å². The summed E-state index contributed by atoms with van der Waals surface area (Å²) in [6.45, 7) is 4.44. The number of nitrogens with two attached hydrogens (primary N) is 1. The Balaban J connectivity index is 2.19. The van der Waals surface area contributed by atoms with Crippen LogP contribution in [-0.2, 0) is 22.9 Å². The van der Waals surface area contributed by atoms with E-state index in [-0.39, 0.29) is 5.75 Å². The molecule has 0 aliphatic heterocycles. The molecule has 0 saturated carbocycles. The van der Waals surface area contributed by atoms with Crippen LogP contribution in [0.1, 0.15) is 17.0 Å². The maximum atomic E-state index is 12.4. The number of aromatic nitrogens is 2. The summed E-state index contributed by atoms with van der Waals surface area (Å²) in [5, 5.41) is 4.33. The minimum atomic E-state index is -3.34. The van der Waals surface area contributed by atoms with Gasteiger partial charge in [0.1, 0.15) is 0 Å². The molecule has 114 valence electrons. The highest BCUT2D eigenvalue weighted by atomic mass is 79.9. The molecule has 0 spiro atoms. The predicted molar refractivity (Wildman–Crippen MR) is 85.8 cm³/mol. The van der Waals surface area contributed by atoms with Gasteiger partial charge in [0.25, 0.3) is 0 Å². The second kappa shape index (κ2) is 6.29. The first-order valence-electron chi connectivity index (χ1n) is 6.56. The molecule has 0 saturated heterocycles. The van der Waals surface area contributed by atoms with E-state index in [1.165, 1.54) is 0 Å². The molecule has 2 N–H and O–H groups in total. The van der Waals surface area contributed by atoms with Gasteiger partial charge in [0.05, 0.1) is 27.4 Å². The lowest BCUT2D eigenvalue weighted by atomic mass is 10.2. The number of hydrogen-bond donors (Lipinski definition) is 1. The molecule has 5 nitrogen and oxygen atoms in total. The van der Waals surface area contributed by atoms with Crippen molar-refractivity contribution in [1.29, 1.82) is 0 Å². The maximum Gasteiger partial charge on any atom is 0.180 e. The van der Waals surface area contributed by atoms with E-state index in [2.05, 4.69) is 21.0 Å². The zero-order valence-electron chi connectivity index (χ0n) is 12.0. The third-order valence-corrected chi connectivity index (χ3v) is 6.20. The topological polar surface area (TPSA) is 78.0 Å². The highest BCUT2D eigenvalue weighted by molar-refractivity contribution is 9.10. The van der Waals surface area contributed by atoms with Crippen molar-refractivity contribution in [3.8, 4) is 0 Å². The lowest BCUT2D eigenvalue weighted by Gasteiger charge is -2.07. The fraction of sp³-hybridized carbons (Fsp3) is 0.357. The number of benzene rings is 1. The molecule has 0 fully saturated rings. The van der Waals surface area contributed by atoms with Gasteiger partial charge in [-0.15, -0.1) is 0 Å². The van der Waals surface area contributed by atoms with Crippen molar-refractivity contribution in [2.24, 2.45) is 5.73 Å². The Morgan fingerprint density at radius 1 is 1.33 bits per heavy atom. The fourth-order valence-electron chi connectivity index (χ4n) is 2.08. The second-order valence-electron chi connectivity index (χ2n) is 4.88. The average Bonchev–Trinajstić information content (AvgIpc) is 2.72. The van der Waals surface area contributed by atoms with E-state index in [0.717, 1.165) is 21.4 Å². The van der Waals surface area contributed by atoms with Crippen LogP contribution in [0.5, 0.6) is 0 Å². The van der Waals surface area contributed by atoms with Crippen LogP contribution in [0.2, 0.25) is 0 Å². The van der Waals surface area contributed by atoms with Gasteiger partial charge in [0.15, 0.2) is 9.84 Å². The van der Waals surface area contributed by atoms with Crippen LogP contribution in [0.25, 0.3) is 0 Å². The zero-order valence-corrected chi connectivity index (χ0v) is 14.4. The van der Waals surface area contributed by atoms with Gasteiger partial charge in [-0.25, -0.2) is 8.42 Å². The molecular weight excluding hydrogens is 354 g/mol. The molecule has 21 heavy (non-hydrogen) atoms.